The van der Waals surface area contributed by atoms with Crippen LogP contribution in [0.5, 0.6) is 0 Å². The minimum absolute atomic E-state index is 0.150. The second-order valence-corrected chi connectivity index (χ2v) is 8.07. The summed E-state index contributed by atoms with van der Waals surface area (Å²) in [6.45, 7) is 6.20. The number of benzene rings is 2. The highest BCUT2D eigenvalue weighted by molar-refractivity contribution is 7.98. The standard InChI is InChI=1S/C21H22FN3S/c1-21(2,3)25-20-23-18(16-9-11-17(22)12-10-16)13-19(24-20)26-14-15-7-5-4-6-8-15/h4-13H,14H2,1-3H3,(H,23,24,25). The third kappa shape index (κ3) is 5.30. The van der Waals surface area contributed by atoms with Gasteiger partial charge in [0.05, 0.1) is 5.69 Å². The topological polar surface area (TPSA) is 37.8 Å². The van der Waals surface area contributed by atoms with Crippen LogP contribution in [0.15, 0.2) is 65.7 Å². The summed E-state index contributed by atoms with van der Waals surface area (Å²) in [5, 5.41) is 4.22. The van der Waals surface area contributed by atoms with Crippen molar-refractivity contribution in [2.75, 3.05) is 5.32 Å². The average Bonchev–Trinajstić information content (AvgIpc) is 2.60. The fourth-order valence-electron chi connectivity index (χ4n) is 2.39. The lowest BCUT2D eigenvalue weighted by atomic mass is 10.1. The molecule has 0 saturated heterocycles. The van der Waals surface area contributed by atoms with Crippen molar-refractivity contribution in [1.29, 1.82) is 0 Å². The van der Waals surface area contributed by atoms with Crippen LogP contribution in [0, 0.1) is 5.82 Å². The molecule has 0 aliphatic carbocycles. The van der Waals surface area contributed by atoms with Crippen LogP contribution in [0.4, 0.5) is 10.3 Å². The van der Waals surface area contributed by atoms with E-state index in [2.05, 4.69) is 48.2 Å². The molecule has 0 bridgehead atoms. The SMILES string of the molecule is CC(C)(C)Nc1nc(SCc2ccccc2)cc(-c2ccc(F)cc2)n1. The molecule has 0 aliphatic heterocycles. The van der Waals surface area contributed by atoms with Gasteiger partial charge >= 0.3 is 0 Å². The first-order chi connectivity index (χ1) is 12.4. The van der Waals surface area contributed by atoms with Gasteiger partial charge in [-0.3, -0.25) is 0 Å². The summed E-state index contributed by atoms with van der Waals surface area (Å²) >= 11 is 1.66. The molecular weight excluding hydrogens is 345 g/mol. The fraction of sp³-hybridized carbons (Fsp3) is 0.238. The Morgan fingerprint density at radius 1 is 0.962 bits per heavy atom. The number of thioether (sulfide) groups is 1. The highest BCUT2D eigenvalue weighted by Gasteiger charge is 2.14. The fourth-order valence-corrected chi connectivity index (χ4v) is 3.24. The Labute approximate surface area is 158 Å². The van der Waals surface area contributed by atoms with E-state index in [-0.39, 0.29) is 11.4 Å². The number of anilines is 1. The summed E-state index contributed by atoms with van der Waals surface area (Å²) in [7, 11) is 0. The maximum Gasteiger partial charge on any atom is 0.224 e. The van der Waals surface area contributed by atoms with E-state index in [9.17, 15) is 4.39 Å². The molecule has 0 unspecified atom stereocenters. The molecule has 0 saturated carbocycles. The zero-order valence-corrected chi connectivity index (χ0v) is 16.0. The molecule has 3 aromatic rings. The van der Waals surface area contributed by atoms with Crippen LogP contribution in [0.3, 0.4) is 0 Å². The zero-order chi connectivity index (χ0) is 18.6. The molecule has 3 nitrogen and oxygen atoms in total. The van der Waals surface area contributed by atoms with Gasteiger partial charge in [-0.15, -0.1) is 11.8 Å². The van der Waals surface area contributed by atoms with E-state index in [1.54, 1.807) is 23.9 Å². The van der Waals surface area contributed by atoms with Crippen molar-refractivity contribution in [3.8, 4) is 11.3 Å². The minimum Gasteiger partial charge on any atom is -0.350 e. The maximum absolute atomic E-state index is 13.2. The van der Waals surface area contributed by atoms with Gasteiger partial charge in [0, 0.05) is 16.9 Å². The largest absolute Gasteiger partial charge is 0.350 e. The highest BCUT2D eigenvalue weighted by atomic mass is 32.2. The molecule has 3 rings (SSSR count). The van der Waals surface area contributed by atoms with Crippen LogP contribution in [-0.2, 0) is 5.75 Å². The molecule has 0 radical (unpaired) electrons. The molecule has 0 fully saturated rings. The summed E-state index contributed by atoms with van der Waals surface area (Å²) in [6, 6.07) is 18.6. The number of rotatable bonds is 5. The minimum atomic E-state index is -0.255. The predicted molar refractivity (Wildman–Crippen MR) is 107 cm³/mol. The third-order valence-electron chi connectivity index (χ3n) is 3.56. The number of nitrogens with zero attached hydrogens (tertiary/aromatic N) is 2. The number of nitrogens with one attached hydrogen (secondary N) is 1. The molecule has 0 atom stereocenters. The second kappa shape index (κ2) is 7.87. The number of hydrogen-bond donors (Lipinski definition) is 1. The van der Waals surface area contributed by atoms with Gasteiger partial charge in [-0.1, -0.05) is 30.3 Å². The monoisotopic (exact) mass is 367 g/mol. The van der Waals surface area contributed by atoms with Gasteiger partial charge in [-0.2, -0.15) is 0 Å². The van der Waals surface area contributed by atoms with Crippen LogP contribution in [0.2, 0.25) is 0 Å². The smallest absolute Gasteiger partial charge is 0.224 e. The molecule has 1 aromatic heterocycles. The number of aromatic nitrogens is 2. The summed E-state index contributed by atoms with van der Waals surface area (Å²) in [6.07, 6.45) is 0. The van der Waals surface area contributed by atoms with Crippen molar-refractivity contribution in [3.05, 3.63) is 72.0 Å². The van der Waals surface area contributed by atoms with E-state index in [0.29, 0.717) is 5.95 Å². The molecule has 0 spiro atoms. The lowest BCUT2D eigenvalue weighted by Gasteiger charge is -2.21. The highest BCUT2D eigenvalue weighted by Crippen LogP contribution is 2.27. The Kier molecular flexibility index (Phi) is 5.57. The van der Waals surface area contributed by atoms with Crippen molar-refractivity contribution in [1.82, 2.24) is 9.97 Å². The van der Waals surface area contributed by atoms with Crippen molar-refractivity contribution in [2.24, 2.45) is 0 Å². The summed E-state index contributed by atoms with van der Waals surface area (Å²) in [5.74, 6) is 1.15. The maximum atomic E-state index is 13.2. The van der Waals surface area contributed by atoms with Gasteiger partial charge in [0.2, 0.25) is 5.95 Å². The Hall–Kier alpha value is -2.40. The van der Waals surface area contributed by atoms with Gasteiger partial charge in [0.1, 0.15) is 10.8 Å². The van der Waals surface area contributed by atoms with E-state index in [1.165, 1.54) is 17.7 Å². The Morgan fingerprint density at radius 2 is 1.65 bits per heavy atom. The molecule has 5 heteroatoms. The van der Waals surface area contributed by atoms with Gasteiger partial charge in [-0.25, -0.2) is 14.4 Å². The Bertz CT molecular complexity index is 859. The quantitative estimate of drug-likeness (QED) is 0.458. The summed E-state index contributed by atoms with van der Waals surface area (Å²) in [5.41, 5.74) is 2.74. The molecule has 0 aliphatic rings. The molecule has 1 N–H and O–H groups in total. The van der Waals surface area contributed by atoms with Crippen LogP contribution < -0.4 is 5.32 Å². The first-order valence-corrected chi connectivity index (χ1v) is 9.47. The van der Waals surface area contributed by atoms with Crippen molar-refractivity contribution in [3.63, 3.8) is 0 Å². The second-order valence-electron chi connectivity index (χ2n) is 7.07. The van der Waals surface area contributed by atoms with Gasteiger partial charge in [-0.05, 0) is 56.7 Å². The number of hydrogen-bond acceptors (Lipinski definition) is 4. The van der Waals surface area contributed by atoms with Crippen LogP contribution in [0.25, 0.3) is 11.3 Å². The normalized spacial score (nSPS) is 11.4. The van der Waals surface area contributed by atoms with E-state index in [0.717, 1.165) is 22.0 Å². The van der Waals surface area contributed by atoms with Gasteiger partial charge < -0.3 is 5.32 Å². The van der Waals surface area contributed by atoms with E-state index in [4.69, 9.17) is 0 Å². The van der Waals surface area contributed by atoms with Crippen LogP contribution in [0.1, 0.15) is 26.3 Å². The molecule has 2 aromatic carbocycles. The lowest BCUT2D eigenvalue weighted by Crippen LogP contribution is -2.27. The van der Waals surface area contributed by atoms with Crippen LogP contribution >= 0.6 is 11.8 Å². The number of halogens is 1. The molecule has 134 valence electrons. The molecular formula is C21H22FN3S. The molecule has 1 heterocycles. The first-order valence-electron chi connectivity index (χ1n) is 8.49. The van der Waals surface area contributed by atoms with E-state index in [1.807, 2.05) is 24.3 Å². The average molecular weight is 367 g/mol. The van der Waals surface area contributed by atoms with Gasteiger partial charge in [0.15, 0.2) is 0 Å². The first kappa shape index (κ1) is 18.4. The van der Waals surface area contributed by atoms with Crippen LogP contribution in [-0.4, -0.2) is 15.5 Å². The van der Waals surface area contributed by atoms with Crippen molar-refractivity contribution >= 4 is 17.7 Å². The Balaban J connectivity index is 1.90. The molecule has 26 heavy (non-hydrogen) atoms. The van der Waals surface area contributed by atoms with Crippen molar-refractivity contribution < 1.29 is 4.39 Å². The third-order valence-corrected chi connectivity index (χ3v) is 4.54. The zero-order valence-electron chi connectivity index (χ0n) is 15.2. The van der Waals surface area contributed by atoms with E-state index < -0.39 is 0 Å². The predicted octanol–water partition coefficient (Wildman–Crippen LogP) is 5.79. The van der Waals surface area contributed by atoms with Crippen molar-refractivity contribution in [2.45, 2.75) is 37.1 Å². The van der Waals surface area contributed by atoms with E-state index >= 15 is 0 Å². The lowest BCUT2D eigenvalue weighted by molar-refractivity contribution is 0.624. The molecule has 0 amide bonds. The summed E-state index contributed by atoms with van der Waals surface area (Å²) < 4.78 is 13.2. The Morgan fingerprint density at radius 3 is 2.31 bits per heavy atom. The summed E-state index contributed by atoms with van der Waals surface area (Å²) in [4.78, 5) is 9.26. The van der Waals surface area contributed by atoms with Gasteiger partial charge in [0.25, 0.3) is 0 Å².